The van der Waals surface area contributed by atoms with Gasteiger partial charge in [0.25, 0.3) is 0 Å². The zero-order chi connectivity index (χ0) is 25.1. The van der Waals surface area contributed by atoms with Crippen molar-refractivity contribution in [3.63, 3.8) is 0 Å². The number of carbonyl (C=O) groups is 2. The molecule has 0 aromatic rings. The molecule has 8 nitrogen and oxygen atoms in total. The van der Waals surface area contributed by atoms with E-state index in [9.17, 15) is 30.0 Å². The largest absolute Gasteiger partial charge is 0.479 e. The molecule has 1 saturated heterocycles. The van der Waals surface area contributed by atoms with Gasteiger partial charge in [0.15, 0.2) is 18.2 Å². The van der Waals surface area contributed by atoms with E-state index in [0.29, 0.717) is 36.5 Å². The molecule has 0 aromatic carbocycles. The average molecular weight is 489 g/mol. The molecule has 0 spiro atoms. The van der Waals surface area contributed by atoms with Gasteiger partial charge >= 0.3 is 5.97 Å². The minimum Gasteiger partial charge on any atom is -0.479 e. The molecule has 1 heterocycles. The highest BCUT2D eigenvalue weighted by Gasteiger charge is 2.66. The van der Waals surface area contributed by atoms with Gasteiger partial charge < -0.3 is 29.9 Å². The fraction of sp³-hybridized carbons (Fsp3) is 0.778. The molecule has 0 amide bonds. The highest BCUT2D eigenvalue weighted by atomic mass is 16.7. The second kappa shape index (κ2) is 8.97. The summed E-state index contributed by atoms with van der Waals surface area (Å²) in [5.41, 5.74) is -0.126. The van der Waals surface area contributed by atoms with Crippen molar-refractivity contribution in [2.24, 2.45) is 29.1 Å². The third-order valence-electron chi connectivity index (χ3n) is 10.1. The van der Waals surface area contributed by atoms with E-state index in [0.717, 1.165) is 44.9 Å². The predicted octanol–water partition coefficient (Wildman–Crippen LogP) is 1.80. The van der Waals surface area contributed by atoms with Crippen molar-refractivity contribution < 1.29 is 39.5 Å². The molecule has 35 heavy (non-hydrogen) atoms. The maximum absolute atomic E-state index is 12.0. The molecule has 0 bridgehead atoms. The summed E-state index contributed by atoms with van der Waals surface area (Å²) in [6.45, 7) is 2.11. The molecule has 0 radical (unpaired) electrons. The maximum Gasteiger partial charge on any atom is 0.335 e. The topological polar surface area (TPSA) is 134 Å². The van der Waals surface area contributed by atoms with E-state index in [4.69, 9.17) is 15.9 Å². The first-order chi connectivity index (χ1) is 16.7. The fourth-order valence-electron chi connectivity index (χ4n) is 8.49. The maximum atomic E-state index is 12.0. The van der Waals surface area contributed by atoms with Crippen LogP contribution in [0.25, 0.3) is 0 Å². The summed E-state index contributed by atoms with van der Waals surface area (Å²) >= 11 is 0. The molecule has 5 aliphatic rings. The third-order valence-corrected chi connectivity index (χ3v) is 10.1. The van der Waals surface area contributed by atoms with Gasteiger partial charge in [-0.25, -0.2) is 4.79 Å². The van der Waals surface area contributed by atoms with Crippen molar-refractivity contribution in [3.8, 4) is 12.3 Å². The summed E-state index contributed by atoms with van der Waals surface area (Å²) in [6, 6.07) is 0. The highest BCUT2D eigenvalue weighted by molar-refractivity contribution is 5.91. The number of carboxylic acid groups (broad SMARTS) is 1. The van der Waals surface area contributed by atoms with Crippen LogP contribution in [-0.2, 0) is 19.1 Å². The van der Waals surface area contributed by atoms with Crippen molar-refractivity contribution in [3.05, 3.63) is 11.6 Å². The van der Waals surface area contributed by atoms with Crippen LogP contribution in [0.2, 0.25) is 0 Å². The number of aliphatic hydroxyl groups excluding tert-OH is 3. The molecule has 3 saturated carbocycles. The number of aliphatic hydroxyl groups is 3. The van der Waals surface area contributed by atoms with E-state index in [-0.39, 0.29) is 11.2 Å². The predicted molar refractivity (Wildman–Crippen MR) is 124 cm³/mol. The van der Waals surface area contributed by atoms with Crippen LogP contribution in [0.5, 0.6) is 0 Å². The van der Waals surface area contributed by atoms with Crippen LogP contribution in [0.4, 0.5) is 0 Å². The number of ether oxygens (including phenoxy) is 2. The zero-order valence-electron chi connectivity index (χ0n) is 20.1. The van der Waals surface area contributed by atoms with Crippen LogP contribution >= 0.6 is 0 Å². The highest BCUT2D eigenvalue weighted by Crippen LogP contribution is 2.67. The lowest BCUT2D eigenvalue weighted by atomic mass is 9.49. The van der Waals surface area contributed by atoms with Gasteiger partial charge in [0.1, 0.15) is 23.9 Å². The Morgan fingerprint density at radius 2 is 1.89 bits per heavy atom. The van der Waals surface area contributed by atoms with Gasteiger partial charge in [0.2, 0.25) is 0 Å². The smallest absolute Gasteiger partial charge is 0.335 e. The minimum atomic E-state index is -1.78. The second-order valence-electron chi connectivity index (χ2n) is 11.2. The molecule has 1 aliphatic heterocycles. The Morgan fingerprint density at radius 3 is 2.57 bits per heavy atom. The Morgan fingerprint density at radius 1 is 1.11 bits per heavy atom. The number of allylic oxidation sites excluding steroid dienone is 1. The summed E-state index contributed by atoms with van der Waals surface area (Å²) < 4.78 is 11.8. The lowest BCUT2D eigenvalue weighted by Crippen LogP contribution is -2.63. The lowest BCUT2D eigenvalue weighted by Gasteiger charge is -2.57. The summed E-state index contributed by atoms with van der Waals surface area (Å²) in [7, 11) is 0. The number of rotatable bonds is 4. The number of ketones is 1. The molecular formula is C27H36O8. The average Bonchev–Trinajstić information content (AvgIpc) is 3.18. The number of carboxylic acids is 1. The monoisotopic (exact) mass is 488 g/mol. The van der Waals surface area contributed by atoms with Gasteiger partial charge in [-0.3, -0.25) is 4.79 Å². The fourth-order valence-corrected chi connectivity index (χ4v) is 8.49. The van der Waals surface area contributed by atoms with Crippen LogP contribution in [0.15, 0.2) is 11.6 Å². The van der Waals surface area contributed by atoms with E-state index < -0.39 is 42.3 Å². The SMILES string of the molecule is C#C[C@]1(O[C@@H]2O[C@H](C(=O)O)[C@@H](O)[C@H](O)[C@H]2O)CC[C@H]2[C@@H]3CCC4=CC(=O)CC[C@@H]4[C@H]3CC[C@@]21CC. The van der Waals surface area contributed by atoms with Crippen LogP contribution in [0.3, 0.4) is 0 Å². The van der Waals surface area contributed by atoms with Crippen molar-refractivity contribution in [1.29, 1.82) is 0 Å². The summed E-state index contributed by atoms with van der Waals surface area (Å²) in [4.78, 5) is 23.6. The second-order valence-corrected chi connectivity index (χ2v) is 11.2. The Hall–Kier alpha value is -1.76. The number of hydrogen-bond acceptors (Lipinski definition) is 7. The number of hydrogen-bond donors (Lipinski definition) is 4. The van der Waals surface area contributed by atoms with Gasteiger partial charge in [0.05, 0.1) is 0 Å². The number of fused-ring (bicyclic) bond motifs is 5. The van der Waals surface area contributed by atoms with Crippen LogP contribution < -0.4 is 0 Å². The third kappa shape index (κ3) is 3.62. The first kappa shape index (κ1) is 24.9. The van der Waals surface area contributed by atoms with Gasteiger partial charge in [-0.05, 0) is 81.1 Å². The van der Waals surface area contributed by atoms with E-state index in [1.165, 1.54) is 5.57 Å². The van der Waals surface area contributed by atoms with E-state index in [1.54, 1.807) is 0 Å². The molecule has 192 valence electrons. The number of carbonyl (C=O) groups excluding carboxylic acids is 1. The van der Waals surface area contributed by atoms with Gasteiger partial charge in [-0.2, -0.15) is 0 Å². The van der Waals surface area contributed by atoms with Gasteiger partial charge in [-0.15, -0.1) is 6.42 Å². The van der Waals surface area contributed by atoms with Crippen molar-refractivity contribution in [1.82, 2.24) is 0 Å². The quantitative estimate of drug-likeness (QED) is 0.440. The molecular weight excluding hydrogens is 452 g/mol. The molecule has 4 N–H and O–H groups in total. The van der Waals surface area contributed by atoms with Gasteiger partial charge in [0, 0.05) is 11.8 Å². The summed E-state index contributed by atoms with van der Waals surface area (Å²) in [5, 5.41) is 40.4. The van der Waals surface area contributed by atoms with Crippen molar-refractivity contribution in [2.75, 3.05) is 0 Å². The molecule has 4 aliphatic carbocycles. The first-order valence-corrected chi connectivity index (χ1v) is 13.0. The Bertz CT molecular complexity index is 953. The van der Waals surface area contributed by atoms with E-state index in [1.807, 2.05) is 6.08 Å². The molecule has 0 unspecified atom stereocenters. The normalized spacial score (nSPS) is 49.3. The first-order valence-electron chi connectivity index (χ1n) is 13.0. The standard InChI is InChI=1S/C27H36O8/c1-3-26-11-9-17-16-8-6-15(28)13-14(16)5-7-18(17)19(26)10-12-27(26,4-2)35-25-22(31)20(29)21(30)23(34-25)24(32)33/h2,13,16-23,25,29-31H,3,5-12H2,1H3,(H,32,33)/t16-,17+,18+,19-,20-,21-,22+,23-,25-,26-,27-/m0/s1. The Labute approximate surface area is 205 Å². The number of aliphatic carboxylic acids is 1. The zero-order valence-corrected chi connectivity index (χ0v) is 20.1. The van der Waals surface area contributed by atoms with Crippen molar-refractivity contribution in [2.45, 2.75) is 101 Å². The Kier molecular flexibility index (Phi) is 6.38. The van der Waals surface area contributed by atoms with E-state index in [2.05, 4.69) is 12.8 Å². The lowest BCUT2D eigenvalue weighted by molar-refractivity contribution is -0.326. The van der Waals surface area contributed by atoms with Gasteiger partial charge in [-0.1, -0.05) is 18.4 Å². The molecule has 11 atom stereocenters. The minimum absolute atomic E-state index is 0.243. The molecule has 4 fully saturated rings. The molecule has 5 rings (SSSR count). The van der Waals surface area contributed by atoms with Crippen LogP contribution in [-0.4, -0.2) is 68.5 Å². The van der Waals surface area contributed by atoms with Crippen LogP contribution in [0, 0.1) is 41.4 Å². The molecule has 8 heteroatoms. The van der Waals surface area contributed by atoms with E-state index >= 15 is 0 Å². The van der Waals surface area contributed by atoms with Crippen LogP contribution in [0.1, 0.15) is 64.7 Å². The summed E-state index contributed by atoms with van der Waals surface area (Å²) in [6.07, 6.45) is 7.23. The van der Waals surface area contributed by atoms with Crippen molar-refractivity contribution >= 4 is 11.8 Å². The molecule has 0 aromatic heterocycles. The number of terminal acetylenes is 1. The summed E-state index contributed by atoms with van der Waals surface area (Å²) in [5.74, 6) is 3.46. The Balaban J connectivity index is 1.43.